The molecule has 1 saturated heterocycles. The Morgan fingerprint density at radius 3 is 2.53 bits per heavy atom. The summed E-state index contributed by atoms with van der Waals surface area (Å²) in [4.78, 5) is 0. The molecule has 182 valence electrons. The molecule has 5 aliphatic rings. The summed E-state index contributed by atoms with van der Waals surface area (Å²) in [5, 5.41) is 11.3. The van der Waals surface area contributed by atoms with E-state index in [2.05, 4.69) is 40.7 Å². The Balaban J connectivity index is 1.29. The maximum Gasteiger partial charge on any atom is 0.0837 e. The van der Waals surface area contributed by atoms with Crippen molar-refractivity contribution >= 4 is 0 Å². The summed E-state index contributed by atoms with van der Waals surface area (Å²) in [7, 11) is 0. The lowest BCUT2D eigenvalue weighted by atomic mass is 9.46. The van der Waals surface area contributed by atoms with Crippen LogP contribution in [-0.4, -0.2) is 23.4 Å². The van der Waals surface area contributed by atoms with E-state index in [1.165, 1.54) is 57.8 Å². The number of allylic oxidation sites excluding steroid dienone is 1. The lowest BCUT2D eigenvalue weighted by Gasteiger charge is -2.59. The van der Waals surface area contributed by atoms with Gasteiger partial charge in [0.05, 0.1) is 18.3 Å². The fourth-order valence-electron chi connectivity index (χ4n) is 9.52. The average Bonchev–Trinajstić information content (AvgIpc) is 3.45. The molecule has 4 fully saturated rings. The largest absolute Gasteiger partial charge is 0.389 e. The lowest BCUT2D eigenvalue weighted by molar-refractivity contribution is -0.0779. The van der Waals surface area contributed by atoms with Crippen LogP contribution in [0.1, 0.15) is 112 Å². The molecule has 0 spiro atoms. The number of epoxide rings is 1. The van der Waals surface area contributed by atoms with Crippen LogP contribution in [0, 0.1) is 46.3 Å². The molecule has 4 aliphatic carbocycles. The van der Waals surface area contributed by atoms with E-state index >= 15 is 0 Å². The van der Waals surface area contributed by atoms with Crippen LogP contribution in [0.15, 0.2) is 11.6 Å². The zero-order valence-corrected chi connectivity index (χ0v) is 21.7. The van der Waals surface area contributed by atoms with E-state index in [4.69, 9.17) is 4.74 Å². The minimum Gasteiger partial charge on any atom is -0.389 e. The van der Waals surface area contributed by atoms with Crippen LogP contribution < -0.4 is 0 Å². The Hall–Kier alpha value is -0.340. The standard InChI is InChI=1S/C30H50O2/c1-20(2)7-6-8-21(3)25-11-12-26-24-10-9-22-17-30(31,18-23-19-32-23)16-15-28(22,4)27(24)13-14-29(25,26)5/h9,20-21,23-27,31H,6-8,10-19H2,1-5H3/t21-,23?,24+,25-,26+,27+,28+,29-,30?/m1/s1. The Bertz CT molecular complexity index is 722. The Kier molecular flexibility index (Phi) is 6.14. The highest BCUT2D eigenvalue weighted by Crippen LogP contribution is 2.68. The van der Waals surface area contributed by atoms with Gasteiger partial charge < -0.3 is 9.84 Å². The molecule has 0 aromatic heterocycles. The molecule has 1 N–H and O–H groups in total. The fraction of sp³-hybridized carbons (Fsp3) is 0.933. The minimum atomic E-state index is -0.508. The molecule has 2 heteroatoms. The van der Waals surface area contributed by atoms with E-state index in [1.807, 2.05) is 0 Å². The monoisotopic (exact) mass is 442 g/mol. The molecule has 2 unspecified atom stereocenters. The van der Waals surface area contributed by atoms with Crippen molar-refractivity contribution in [3.63, 3.8) is 0 Å². The predicted octanol–water partition coefficient (Wildman–Crippen LogP) is 7.55. The third-order valence-electron chi connectivity index (χ3n) is 11.5. The maximum absolute atomic E-state index is 11.3. The van der Waals surface area contributed by atoms with Crippen molar-refractivity contribution in [1.29, 1.82) is 0 Å². The van der Waals surface area contributed by atoms with Crippen LogP contribution in [0.25, 0.3) is 0 Å². The molecule has 5 rings (SSSR count). The van der Waals surface area contributed by atoms with Crippen molar-refractivity contribution in [2.45, 2.75) is 123 Å². The molecule has 0 aromatic carbocycles. The van der Waals surface area contributed by atoms with Crippen molar-refractivity contribution in [2.24, 2.45) is 46.3 Å². The van der Waals surface area contributed by atoms with Crippen LogP contribution >= 0.6 is 0 Å². The van der Waals surface area contributed by atoms with Gasteiger partial charge in [0.15, 0.2) is 0 Å². The second-order valence-electron chi connectivity index (χ2n) is 13.9. The van der Waals surface area contributed by atoms with Gasteiger partial charge in [0.1, 0.15) is 0 Å². The molecule has 0 aromatic rings. The van der Waals surface area contributed by atoms with Gasteiger partial charge in [-0.15, -0.1) is 0 Å². The topological polar surface area (TPSA) is 32.8 Å². The molecule has 0 radical (unpaired) electrons. The second-order valence-corrected chi connectivity index (χ2v) is 13.9. The van der Waals surface area contributed by atoms with Gasteiger partial charge in [0, 0.05) is 6.42 Å². The highest BCUT2D eigenvalue weighted by Gasteiger charge is 2.60. The molecule has 3 saturated carbocycles. The average molecular weight is 443 g/mol. The van der Waals surface area contributed by atoms with E-state index in [0.717, 1.165) is 61.4 Å². The van der Waals surface area contributed by atoms with Gasteiger partial charge >= 0.3 is 0 Å². The molecule has 1 aliphatic heterocycles. The Morgan fingerprint density at radius 1 is 1.03 bits per heavy atom. The third kappa shape index (κ3) is 4.04. The highest BCUT2D eigenvalue weighted by atomic mass is 16.6. The minimum absolute atomic E-state index is 0.328. The van der Waals surface area contributed by atoms with Crippen molar-refractivity contribution in [3.8, 4) is 0 Å². The Labute approximate surface area is 198 Å². The van der Waals surface area contributed by atoms with Crippen molar-refractivity contribution in [2.75, 3.05) is 6.61 Å². The van der Waals surface area contributed by atoms with Crippen LogP contribution in [0.3, 0.4) is 0 Å². The van der Waals surface area contributed by atoms with Crippen LogP contribution in [0.4, 0.5) is 0 Å². The van der Waals surface area contributed by atoms with Crippen molar-refractivity contribution in [1.82, 2.24) is 0 Å². The number of hydrogen-bond donors (Lipinski definition) is 1. The van der Waals surface area contributed by atoms with Gasteiger partial charge in [-0.25, -0.2) is 0 Å². The molecular weight excluding hydrogens is 392 g/mol. The molecule has 2 nitrogen and oxygen atoms in total. The first kappa shape index (κ1) is 23.4. The number of fused-ring (bicyclic) bond motifs is 5. The summed E-state index contributed by atoms with van der Waals surface area (Å²) in [6.45, 7) is 13.5. The molecule has 32 heavy (non-hydrogen) atoms. The van der Waals surface area contributed by atoms with E-state index in [9.17, 15) is 5.11 Å². The summed E-state index contributed by atoms with van der Waals surface area (Å²) < 4.78 is 5.47. The van der Waals surface area contributed by atoms with E-state index < -0.39 is 5.60 Å². The summed E-state index contributed by atoms with van der Waals surface area (Å²) in [6, 6.07) is 0. The number of aliphatic hydroxyl groups is 1. The van der Waals surface area contributed by atoms with Crippen molar-refractivity contribution in [3.05, 3.63) is 11.6 Å². The van der Waals surface area contributed by atoms with E-state index in [-0.39, 0.29) is 0 Å². The summed E-state index contributed by atoms with van der Waals surface area (Å²) >= 11 is 0. The quantitative estimate of drug-likeness (QED) is 0.326. The van der Waals surface area contributed by atoms with Gasteiger partial charge in [-0.1, -0.05) is 65.5 Å². The summed E-state index contributed by atoms with van der Waals surface area (Å²) in [6.07, 6.45) is 18.2. The highest BCUT2D eigenvalue weighted by molar-refractivity contribution is 5.27. The van der Waals surface area contributed by atoms with Crippen LogP contribution in [-0.2, 0) is 4.74 Å². The number of rotatable bonds is 7. The normalized spacial score (nSPS) is 48.6. The van der Waals surface area contributed by atoms with Gasteiger partial charge in [-0.2, -0.15) is 0 Å². The SMILES string of the molecule is CC(C)CCC[C@@H](C)[C@H]1CC[C@H]2[C@@H]3CC=C4CC(O)(CC5CO5)CC[C@]4(C)[C@H]3CC[C@]12C. The Morgan fingerprint density at radius 2 is 1.81 bits per heavy atom. The van der Waals surface area contributed by atoms with Gasteiger partial charge in [-0.3, -0.25) is 0 Å². The molecular formula is C30H50O2. The smallest absolute Gasteiger partial charge is 0.0837 e. The van der Waals surface area contributed by atoms with E-state index in [1.54, 1.807) is 5.57 Å². The first-order valence-corrected chi connectivity index (χ1v) is 14.2. The molecule has 0 bridgehead atoms. The predicted molar refractivity (Wildman–Crippen MR) is 132 cm³/mol. The third-order valence-corrected chi connectivity index (χ3v) is 11.5. The lowest BCUT2D eigenvalue weighted by Crippen LogP contribution is -2.52. The first-order chi connectivity index (χ1) is 15.1. The zero-order valence-electron chi connectivity index (χ0n) is 21.7. The summed E-state index contributed by atoms with van der Waals surface area (Å²) in [5.74, 6) is 5.33. The molecule has 0 amide bonds. The molecule has 9 atom stereocenters. The van der Waals surface area contributed by atoms with Crippen LogP contribution in [0.2, 0.25) is 0 Å². The zero-order chi connectivity index (χ0) is 22.7. The fourth-order valence-corrected chi connectivity index (χ4v) is 9.52. The number of ether oxygens (including phenoxy) is 1. The first-order valence-electron chi connectivity index (χ1n) is 14.2. The van der Waals surface area contributed by atoms with Crippen molar-refractivity contribution < 1.29 is 9.84 Å². The molecule has 1 heterocycles. The van der Waals surface area contributed by atoms with Gasteiger partial charge in [0.25, 0.3) is 0 Å². The number of hydrogen-bond acceptors (Lipinski definition) is 2. The van der Waals surface area contributed by atoms with Gasteiger partial charge in [-0.05, 0) is 97.7 Å². The summed E-state index contributed by atoms with van der Waals surface area (Å²) in [5.41, 5.74) is 2.00. The maximum atomic E-state index is 11.3. The second kappa shape index (κ2) is 8.40. The van der Waals surface area contributed by atoms with E-state index in [0.29, 0.717) is 16.9 Å². The van der Waals surface area contributed by atoms with Crippen LogP contribution in [0.5, 0.6) is 0 Å². The van der Waals surface area contributed by atoms with Gasteiger partial charge in [0.2, 0.25) is 0 Å².